The van der Waals surface area contributed by atoms with Crippen molar-refractivity contribution in [3.63, 3.8) is 0 Å². The molecule has 2 heterocycles. The minimum atomic E-state index is 0.334. The molecule has 0 aliphatic carbocycles. The molecule has 3 heteroatoms. The molecule has 3 atom stereocenters. The zero-order valence-corrected chi connectivity index (χ0v) is 17.1. The zero-order valence-electron chi connectivity index (χ0n) is 17.1. The Morgan fingerprint density at radius 2 is 2.00 bits per heavy atom. The summed E-state index contributed by atoms with van der Waals surface area (Å²) in [4.78, 5) is 2.68. The van der Waals surface area contributed by atoms with Crippen LogP contribution in [0.1, 0.15) is 55.3 Å². The molecule has 3 nitrogen and oxygen atoms in total. The molecule has 150 valence electrons. The summed E-state index contributed by atoms with van der Waals surface area (Å²) >= 11 is 0. The quantitative estimate of drug-likeness (QED) is 0.756. The molecule has 1 saturated heterocycles. The molecule has 0 radical (unpaired) electrons. The molecule has 2 aliphatic rings. The molecule has 0 spiro atoms. The minimum Gasteiger partial charge on any atom is -0.493 e. The first-order valence-electron chi connectivity index (χ1n) is 11.0. The smallest absolute Gasteiger partial charge is 0.119 e. The van der Waals surface area contributed by atoms with Crippen LogP contribution < -0.4 is 10.5 Å². The molecule has 2 aromatic rings. The summed E-state index contributed by atoms with van der Waals surface area (Å²) in [7, 11) is 0. The highest BCUT2D eigenvalue weighted by Gasteiger charge is 2.37. The second-order valence-corrected chi connectivity index (χ2v) is 8.51. The number of ether oxygens (including phenoxy) is 1. The van der Waals surface area contributed by atoms with Gasteiger partial charge in [0.05, 0.1) is 6.61 Å². The van der Waals surface area contributed by atoms with Gasteiger partial charge in [-0.15, -0.1) is 0 Å². The maximum atomic E-state index is 6.58. The number of rotatable bonds is 7. The summed E-state index contributed by atoms with van der Waals surface area (Å²) in [6.07, 6.45) is 7.01. The normalized spacial score (nSPS) is 24.4. The largest absolute Gasteiger partial charge is 0.493 e. The van der Waals surface area contributed by atoms with Gasteiger partial charge in [0.2, 0.25) is 0 Å². The van der Waals surface area contributed by atoms with Gasteiger partial charge in [0.15, 0.2) is 0 Å². The average molecular weight is 379 g/mol. The third-order valence-electron chi connectivity index (χ3n) is 6.58. The Labute approximate surface area is 169 Å². The van der Waals surface area contributed by atoms with E-state index >= 15 is 0 Å². The van der Waals surface area contributed by atoms with Crippen molar-refractivity contribution >= 4 is 0 Å². The van der Waals surface area contributed by atoms with Crippen molar-refractivity contribution in [2.75, 3.05) is 19.7 Å². The second-order valence-electron chi connectivity index (χ2n) is 8.51. The lowest BCUT2D eigenvalue weighted by molar-refractivity contribution is 0.0785. The number of benzene rings is 2. The number of fused-ring (bicyclic) bond motifs is 3. The number of nitrogens with two attached hydrogens (primary N) is 1. The lowest BCUT2D eigenvalue weighted by Crippen LogP contribution is -2.50. The summed E-state index contributed by atoms with van der Waals surface area (Å²) in [5.74, 6) is 1.67. The third-order valence-corrected chi connectivity index (χ3v) is 6.58. The van der Waals surface area contributed by atoms with Gasteiger partial charge >= 0.3 is 0 Å². The molecule has 28 heavy (non-hydrogen) atoms. The van der Waals surface area contributed by atoms with Crippen LogP contribution in [0.5, 0.6) is 5.75 Å². The van der Waals surface area contributed by atoms with E-state index in [-0.39, 0.29) is 0 Å². The molecule has 2 aromatic carbocycles. The lowest BCUT2D eigenvalue weighted by atomic mass is 9.79. The van der Waals surface area contributed by atoms with E-state index in [1.54, 1.807) is 0 Å². The summed E-state index contributed by atoms with van der Waals surface area (Å²) in [6, 6.07) is 18.1. The second kappa shape index (κ2) is 9.11. The Kier molecular flexibility index (Phi) is 6.33. The topological polar surface area (TPSA) is 38.5 Å². The predicted molar refractivity (Wildman–Crippen MR) is 116 cm³/mol. The van der Waals surface area contributed by atoms with Gasteiger partial charge in [-0.25, -0.2) is 0 Å². The number of hydrogen-bond acceptors (Lipinski definition) is 3. The van der Waals surface area contributed by atoms with Crippen LogP contribution in [0.15, 0.2) is 48.5 Å². The Balaban J connectivity index is 1.38. The summed E-state index contributed by atoms with van der Waals surface area (Å²) in [6.45, 7) is 5.32. The molecule has 2 aliphatic heterocycles. The van der Waals surface area contributed by atoms with Crippen molar-refractivity contribution in [3.05, 3.63) is 65.2 Å². The zero-order chi connectivity index (χ0) is 19.3. The standard InChI is InChI=1S/C25H34N2O/c1-2-3-9-21-18-27-14-12-20-16-22(10-11-23(20)25(27)17-24(21)26)28-15-13-19-7-5-4-6-8-19/h4-8,10-11,16,21,24-25H,2-3,9,12-15,17-18,26H2,1H3. The van der Waals surface area contributed by atoms with Gasteiger partial charge < -0.3 is 10.5 Å². The van der Waals surface area contributed by atoms with Crippen LogP contribution in [0, 0.1) is 5.92 Å². The number of hydrogen-bond donors (Lipinski definition) is 1. The van der Waals surface area contributed by atoms with E-state index in [0.717, 1.165) is 38.2 Å². The number of piperidine rings is 1. The average Bonchev–Trinajstić information content (AvgIpc) is 2.73. The SMILES string of the molecule is CCCCC1CN2CCc3cc(OCCc4ccccc4)ccc3C2CC1N. The molecule has 0 aromatic heterocycles. The van der Waals surface area contributed by atoms with E-state index in [4.69, 9.17) is 10.5 Å². The van der Waals surface area contributed by atoms with Crippen LogP contribution in [0.2, 0.25) is 0 Å². The van der Waals surface area contributed by atoms with E-state index < -0.39 is 0 Å². The molecular formula is C25H34N2O. The van der Waals surface area contributed by atoms with Gasteiger partial charge in [-0.05, 0) is 54.0 Å². The van der Waals surface area contributed by atoms with Crippen LogP contribution in [-0.4, -0.2) is 30.6 Å². The Morgan fingerprint density at radius 3 is 2.82 bits per heavy atom. The molecule has 0 saturated carbocycles. The van der Waals surface area contributed by atoms with Gasteiger partial charge in [-0.2, -0.15) is 0 Å². The third kappa shape index (κ3) is 4.42. The monoisotopic (exact) mass is 378 g/mol. The van der Waals surface area contributed by atoms with Crippen molar-refractivity contribution in [3.8, 4) is 5.75 Å². The minimum absolute atomic E-state index is 0.334. The fourth-order valence-electron chi connectivity index (χ4n) is 4.91. The molecule has 0 bridgehead atoms. The van der Waals surface area contributed by atoms with E-state index in [0.29, 0.717) is 18.0 Å². The van der Waals surface area contributed by atoms with E-state index in [1.807, 2.05) is 0 Å². The van der Waals surface area contributed by atoms with Crippen LogP contribution in [-0.2, 0) is 12.8 Å². The molecule has 4 rings (SSSR count). The fraction of sp³-hybridized carbons (Fsp3) is 0.520. The van der Waals surface area contributed by atoms with Crippen molar-refractivity contribution in [2.24, 2.45) is 11.7 Å². The predicted octanol–water partition coefficient (Wildman–Crippen LogP) is 4.74. The van der Waals surface area contributed by atoms with Crippen molar-refractivity contribution in [1.29, 1.82) is 0 Å². The van der Waals surface area contributed by atoms with Crippen molar-refractivity contribution < 1.29 is 4.74 Å². The molecule has 1 fully saturated rings. The highest BCUT2D eigenvalue weighted by molar-refractivity contribution is 5.40. The van der Waals surface area contributed by atoms with Crippen molar-refractivity contribution in [2.45, 2.75) is 57.5 Å². The van der Waals surface area contributed by atoms with E-state index in [2.05, 4.69) is 60.4 Å². The Morgan fingerprint density at radius 1 is 1.14 bits per heavy atom. The van der Waals surface area contributed by atoms with Gasteiger partial charge in [0, 0.05) is 31.6 Å². The fourth-order valence-corrected chi connectivity index (χ4v) is 4.91. The van der Waals surface area contributed by atoms with Gasteiger partial charge in [-0.1, -0.05) is 56.2 Å². The van der Waals surface area contributed by atoms with Crippen LogP contribution in [0.3, 0.4) is 0 Å². The number of unbranched alkanes of at least 4 members (excludes halogenated alkanes) is 1. The number of nitrogens with zero attached hydrogens (tertiary/aromatic N) is 1. The summed E-state index contributed by atoms with van der Waals surface area (Å²) in [5, 5.41) is 0. The van der Waals surface area contributed by atoms with Gasteiger partial charge in [0.25, 0.3) is 0 Å². The van der Waals surface area contributed by atoms with Crippen molar-refractivity contribution in [1.82, 2.24) is 4.90 Å². The van der Waals surface area contributed by atoms with Crippen LogP contribution in [0.25, 0.3) is 0 Å². The van der Waals surface area contributed by atoms with Gasteiger partial charge in [-0.3, -0.25) is 4.90 Å². The first-order valence-corrected chi connectivity index (χ1v) is 11.0. The van der Waals surface area contributed by atoms with Crippen LogP contribution in [0.4, 0.5) is 0 Å². The van der Waals surface area contributed by atoms with Crippen LogP contribution >= 0.6 is 0 Å². The molecular weight excluding hydrogens is 344 g/mol. The maximum absolute atomic E-state index is 6.58. The Bertz CT molecular complexity index is 760. The highest BCUT2D eigenvalue weighted by atomic mass is 16.5. The lowest BCUT2D eigenvalue weighted by Gasteiger charge is -2.46. The first-order chi connectivity index (χ1) is 13.7. The highest BCUT2D eigenvalue weighted by Crippen LogP contribution is 2.40. The maximum Gasteiger partial charge on any atom is 0.119 e. The first kappa shape index (κ1) is 19.5. The van der Waals surface area contributed by atoms with Gasteiger partial charge in [0.1, 0.15) is 5.75 Å². The molecule has 3 unspecified atom stereocenters. The summed E-state index contributed by atoms with van der Waals surface area (Å²) < 4.78 is 6.06. The molecule has 0 amide bonds. The molecule has 2 N–H and O–H groups in total. The Hall–Kier alpha value is -1.84. The van der Waals surface area contributed by atoms with E-state index in [9.17, 15) is 0 Å². The summed E-state index contributed by atoms with van der Waals surface area (Å²) in [5.41, 5.74) is 10.8. The van der Waals surface area contributed by atoms with E-state index in [1.165, 1.54) is 42.5 Å².